The molecule has 3 rings (SSSR count). The van der Waals surface area contributed by atoms with Crippen LogP contribution in [0, 0.1) is 13.8 Å². The molecule has 1 aromatic heterocycles. The predicted molar refractivity (Wildman–Crippen MR) is 89.6 cm³/mol. The first-order valence-electron chi connectivity index (χ1n) is 6.87. The summed E-state index contributed by atoms with van der Waals surface area (Å²) in [6.45, 7) is 4.18. The summed E-state index contributed by atoms with van der Waals surface area (Å²) in [5.41, 5.74) is 4.64. The zero-order chi connectivity index (χ0) is 15.5. The van der Waals surface area contributed by atoms with Crippen molar-refractivity contribution in [2.75, 3.05) is 0 Å². The number of rotatable bonds is 4. The summed E-state index contributed by atoms with van der Waals surface area (Å²) >= 11 is 7.50. The van der Waals surface area contributed by atoms with Gasteiger partial charge < -0.3 is 0 Å². The van der Waals surface area contributed by atoms with Gasteiger partial charge in [-0.3, -0.25) is 0 Å². The lowest BCUT2D eigenvalue weighted by atomic mass is 10.1. The van der Waals surface area contributed by atoms with Gasteiger partial charge in [0.25, 0.3) is 0 Å². The molecular weight excluding hydrogens is 316 g/mol. The van der Waals surface area contributed by atoms with Gasteiger partial charge >= 0.3 is 0 Å². The highest BCUT2D eigenvalue weighted by molar-refractivity contribution is 7.98. The molecule has 0 aliphatic carbocycles. The van der Waals surface area contributed by atoms with Crippen molar-refractivity contribution in [1.29, 1.82) is 0 Å². The number of halogens is 1. The van der Waals surface area contributed by atoms with Crippen molar-refractivity contribution in [3.63, 3.8) is 0 Å². The number of tetrazole rings is 1. The molecule has 0 saturated carbocycles. The van der Waals surface area contributed by atoms with E-state index in [0.29, 0.717) is 0 Å². The second-order valence-electron chi connectivity index (χ2n) is 5.06. The number of nitrogens with zero attached hydrogens (tertiary/aromatic N) is 4. The van der Waals surface area contributed by atoms with E-state index in [1.807, 2.05) is 30.3 Å². The zero-order valence-electron chi connectivity index (χ0n) is 12.3. The molecule has 3 aromatic rings. The van der Waals surface area contributed by atoms with Crippen LogP contribution in [0.3, 0.4) is 0 Å². The van der Waals surface area contributed by atoms with Gasteiger partial charge in [-0.05, 0) is 65.2 Å². The Bertz CT molecular complexity index is 783. The van der Waals surface area contributed by atoms with Gasteiger partial charge in [-0.1, -0.05) is 41.6 Å². The molecule has 0 N–H and O–H groups in total. The SMILES string of the molecule is Cc1ccc(-n2nnnc2SCc2ccc(Cl)cc2)cc1C. The highest BCUT2D eigenvalue weighted by Crippen LogP contribution is 2.24. The van der Waals surface area contributed by atoms with Gasteiger partial charge in [0, 0.05) is 10.8 Å². The minimum Gasteiger partial charge on any atom is -0.187 e. The summed E-state index contributed by atoms with van der Waals surface area (Å²) in [5.74, 6) is 0.794. The Balaban J connectivity index is 1.79. The number of aryl methyl sites for hydroxylation is 2. The molecule has 0 saturated heterocycles. The predicted octanol–water partition coefficient (Wildman–Crippen LogP) is 4.22. The Kier molecular flexibility index (Phi) is 4.45. The van der Waals surface area contributed by atoms with Crippen molar-refractivity contribution in [2.45, 2.75) is 24.8 Å². The van der Waals surface area contributed by atoms with E-state index in [2.05, 4.69) is 41.5 Å². The van der Waals surface area contributed by atoms with E-state index in [0.717, 1.165) is 21.6 Å². The van der Waals surface area contributed by atoms with Crippen molar-refractivity contribution in [3.05, 3.63) is 64.2 Å². The van der Waals surface area contributed by atoms with Crippen LogP contribution in [0.5, 0.6) is 0 Å². The maximum Gasteiger partial charge on any atom is 0.214 e. The van der Waals surface area contributed by atoms with Gasteiger partial charge in [0.05, 0.1) is 5.69 Å². The maximum absolute atomic E-state index is 5.90. The third kappa shape index (κ3) is 3.31. The lowest BCUT2D eigenvalue weighted by Gasteiger charge is -2.07. The van der Waals surface area contributed by atoms with Crippen LogP contribution in [0.2, 0.25) is 5.02 Å². The van der Waals surface area contributed by atoms with Crippen LogP contribution in [-0.4, -0.2) is 20.2 Å². The fourth-order valence-corrected chi connectivity index (χ4v) is 2.99. The molecule has 0 aliphatic heterocycles. The number of aromatic nitrogens is 4. The Morgan fingerprint density at radius 2 is 1.82 bits per heavy atom. The first-order valence-corrected chi connectivity index (χ1v) is 8.23. The van der Waals surface area contributed by atoms with E-state index in [4.69, 9.17) is 11.6 Å². The molecule has 2 aromatic carbocycles. The van der Waals surface area contributed by atoms with Crippen LogP contribution < -0.4 is 0 Å². The van der Waals surface area contributed by atoms with E-state index in [9.17, 15) is 0 Å². The average molecular weight is 331 g/mol. The van der Waals surface area contributed by atoms with Gasteiger partial charge in [-0.25, -0.2) is 0 Å². The topological polar surface area (TPSA) is 43.6 Å². The van der Waals surface area contributed by atoms with Gasteiger partial charge in [-0.15, -0.1) is 5.10 Å². The lowest BCUT2D eigenvalue weighted by molar-refractivity contribution is 0.755. The van der Waals surface area contributed by atoms with Gasteiger partial charge in [-0.2, -0.15) is 4.68 Å². The van der Waals surface area contributed by atoms with E-state index in [1.165, 1.54) is 16.7 Å². The van der Waals surface area contributed by atoms with Crippen molar-refractivity contribution >= 4 is 23.4 Å². The molecule has 0 unspecified atom stereocenters. The summed E-state index contributed by atoms with van der Waals surface area (Å²) < 4.78 is 1.77. The summed E-state index contributed by atoms with van der Waals surface area (Å²) in [4.78, 5) is 0. The number of benzene rings is 2. The van der Waals surface area contributed by atoms with Crippen LogP contribution in [0.25, 0.3) is 5.69 Å². The third-order valence-corrected chi connectivity index (χ3v) is 4.70. The summed E-state index contributed by atoms with van der Waals surface area (Å²) in [6, 6.07) is 14.0. The first-order chi connectivity index (χ1) is 10.6. The quantitative estimate of drug-likeness (QED) is 0.672. The van der Waals surface area contributed by atoms with Gasteiger partial charge in [0.1, 0.15) is 0 Å². The molecule has 4 nitrogen and oxygen atoms in total. The van der Waals surface area contributed by atoms with Crippen molar-refractivity contribution in [1.82, 2.24) is 20.2 Å². The van der Waals surface area contributed by atoms with Crippen molar-refractivity contribution in [3.8, 4) is 5.69 Å². The fourth-order valence-electron chi connectivity index (χ4n) is 2.02. The number of hydrogen-bond donors (Lipinski definition) is 0. The maximum atomic E-state index is 5.90. The molecule has 0 amide bonds. The Hall–Kier alpha value is -1.85. The zero-order valence-corrected chi connectivity index (χ0v) is 13.9. The largest absolute Gasteiger partial charge is 0.214 e. The van der Waals surface area contributed by atoms with Crippen molar-refractivity contribution in [2.24, 2.45) is 0 Å². The molecular formula is C16H15ClN4S. The highest BCUT2D eigenvalue weighted by Gasteiger charge is 2.10. The average Bonchev–Trinajstić information content (AvgIpc) is 2.98. The molecule has 0 spiro atoms. The van der Waals surface area contributed by atoms with E-state index >= 15 is 0 Å². The summed E-state index contributed by atoms with van der Waals surface area (Å²) in [7, 11) is 0. The summed E-state index contributed by atoms with van der Waals surface area (Å²) in [5, 5.41) is 13.5. The Morgan fingerprint density at radius 3 is 2.55 bits per heavy atom. The monoisotopic (exact) mass is 330 g/mol. The molecule has 112 valence electrons. The molecule has 0 atom stereocenters. The first kappa shape index (κ1) is 15.1. The van der Waals surface area contributed by atoms with E-state index in [-0.39, 0.29) is 0 Å². The molecule has 0 radical (unpaired) electrons. The van der Waals surface area contributed by atoms with Crippen LogP contribution >= 0.6 is 23.4 Å². The molecule has 6 heteroatoms. The standard InChI is InChI=1S/C16H15ClN4S/c1-11-3-8-15(9-12(11)2)21-16(18-19-20-21)22-10-13-4-6-14(17)7-5-13/h3-9H,10H2,1-2H3. The molecule has 22 heavy (non-hydrogen) atoms. The number of thioether (sulfide) groups is 1. The normalized spacial score (nSPS) is 10.9. The second kappa shape index (κ2) is 6.50. The Labute approximate surface area is 138 Å². The summed E-state index contributed by atoms with van der Waals surface area (Å²) in [6.07, 6.45) is 0. The third-order valence-electron chi connectivity index (χ3n) is 3.46. The Morgan fingerprint density at radius 1 is 1.05 bits per heavy atom. The molecule has 0 bridgehead atoms. The highest BCUT2D eigenvalue weighted by atomic mass is 35.5. The van der Waals surface area contributed by atoms with E-state index in [1.54, 1.807) is 16.4 Å². The van der Waals surface area contributed by atoms with Gasteiger partial charge in [0.2, 0.25) is 5.16 Å². The van der Waals surface area contributed by atoms with Crippen LogP contribution in [0.4, 0.5) is 0 Å². The van der Waals surface area contributed by atoms with Crippen molar-refractivity contribution < 1.29 is 0 Å². The molecule has 0 aliphatic rings. The fraction of sp³-hybridized carbons (Fsp3) is 0.188. The molecule has 0 fully saturated rings. The minimum absolute atomic E-state index is 0.744. The van der Waals surface area contributed by atoms with E-state index < -0.39 is 0 Å². The van der Waals surface area contributed by atoms with Gasteiger partial charge in [0.15, 0.2) is 0 Å². The van der Waals surface area contributed by atoms with Crippen LogP contribution in [0.15, 0.2) is 47.6 Å². The number of hydrogen-bond acceptors (Lipinski definition) is 4. The lowest BCUT2D eigenvalue weighted by Crippen LogP contribution is -2.00. The van der Waals surface area contributed by atoms with Crippen LogP contribution in [0.1, 0.15) is 16.7 Å². The smallest absolute Gasteiger partial charge is 0.187 e. The second-order valence-corrected chi connectivity index (χ2v) is 6.44. The van der Waals surface area contributed by atoms with Crippen LogP contribution in [-0.2, 0) is 5.75 Å². The minimum atomic E-state index is 0.744. The molecule has 1 heterocycles.